The van der Waals surface area contributed by atoms with Gasteiger partial charge in [0.15, 0.2) is 11.5 Å². The number of rotatable bonds is 4. The van der Waals surface area contributed by atoms with Crippen molar-refractivity contribution in [2.24, 2.45) is 0 Å². The zero-order valence-corrected chi connectivity index (χ0v) is 10.5. The Labute approximate surface area is 109 Å². The zero-order valence-electron chi connectivity index (χ0n) is 10.5. The van der Waals surface area contributed by atoms with Crippen molar-refractivity contribution in [3.8, 4) is 17.4 Å². The van der Waals surface area contributed by atoms with Gasteiger partial charge >= 0.3 is 5.97 Å². The Balaban J connectivity index is 2.46. The molecule has 0 bridgehead atoms. The highest BCUT2D eigenvalue weighted by molar-refractivity contribution is 5.92. The minimum atomic E-state index is -1.10. The molecule has 0 unspecified atom stereocenters. The summed E-state index contributed by atoms with van der Waals surface area (Å²) in [7, 11) is 1.44. The van der Waals surface area contributed by atoms with Crippen LogP contribution in [0.1, 0.15) is 16.2 Å². The quantitative estimate of drug-likeness (QED) is 0.908. The van der Waals surface area contributed by atoms with Crippen LogP contribution in [0.4, 0.5) is 0 Å². The molecule has 0 aliphatic heterocycles. The molecule has 2 rings (SSSR count). The third-order valence-electron chi connectivity index (χ3n) is 2.39. The summed E-state index contributed by atoms with van der Waals surface area (Å²) in [5.74, 6) is 0.148. The number of aromatic carboxylic acids is 1. The Morgan fingerprint density at radius 1 is 1.32 bits per heavy atom. The number of para-hydroxylation sites is 1. The maximum atomic E-state index is 11.2. The average Bonchev–Trinajstić information content (AvgIpc) is 2.38. The number of nitrogens with zero attached hydrogens (tertiary/aromatic N) is 2. The summed E-state index contributed by atoms with van der Waals surface area (Å²) in [5.41, 5.74) is 0.00983. The number of ether oxygens (including phenoxy) is 2. The number of carbonyl (C=O) groups is 1. The molecular weight excluding hydrogens is 248 g/mol. The van der Waals surface area contributed by atoms with Crippen molar-refractivity contribution < 1.29 is 19.4 Å². The second-order valence-electron chi connectivity index (χ2n) is 3.69. The third-order valence-corrected chi connectivity index (χ3v) is 2.39. The Bertz CT molecular complexity index is 613. The van der Waals surface area contributed by atoms with Crippen molar-refractivity contribution in [2.75, 3.05) is 7.11 Å². The topological polar surface area (TPSA) is 81.5 Å². The fourth-order valence-electron chi connectivity index (χ4n) is 1.55. The smallest absolute Gasteiger partial charge is 0.339 e. The molecule has 0 aliphatic carbocycles. The lowest BCUT2D eigenvalue weighted by Gasteiger charge is -2.12. The lowest BCUT2D eigenvalue weighted by atomic mass is 10.2. The van der Waals surface area contributed by atoms with Gasteiger partial charge in [-0.05, 0) is 19.1 Å². The van der Waals surface area contributed by atoms with Crippen LogP contribution in [0.2, 0.25) is 0 Å². The number of hydrogen-bond donors (Lipinski definition) is 1. The number of benzene rings is 1. The van der Waals surface area contributed by atoms with E-state index in [0.29, 0.717) is 11.6 Å². The lowest BCUT2D eigenvalue weighted by Crippen LogP contribution is -2.03. The van der Waals surface area contributed by atoms with Crippen LogP contribution in [-0.2, 0) is 0 Å². The van der Waals surface area contributed by atoms with Crippen LogP contribution in [0.15, 0.2) is 30.5 Å². The van der Waals surface area contributed by atoms with E-state index in [-0.39, 0.29) is 17.2 Å². The molecule has 0 amide bonds. The van der Waals surface area contributed by atoms with Crippen LogP contribution < -0.4 is 9.47 Å². The Kier molecular flexibility index (Phi) is 3.61. The van der Waals surface area contributed by atoms with Crippen molar-refractivity contribution in [3.05, 3.63) is 41.9 Å². The van der Waals surface area contributed by atoms with Gasteiger partial charge in [-0.3, -0.25) is 0 Å². The monoisotopic (exact) mass is 260 g/mol. The van der Waals surface area contributed by atoms with Gasteiger partial charge in [-0.2, -0.15) is 4.98 Å². The molecule has 98 valence electrons. The summed E-state index contributed by atoms with van der Waals surface area (Å²) >= 11 is 0. The normalized spacial score (nSPS) is 10.0. The fraction of sp³-hybridized carbons (Fsp3) is 0.154. The largest absolute Gasteiger partial charge is 0.493 e. The number of aromatic nitrogens is 2. The van der Waals surface area contributed by atoms with Gasteiger partial charge in [0.1, 0.15) is 11.4 Å². The Hall–Kier alpha value is -2.63. The van der Waals surface area contributed by atoms with Crippen LogP contribution in [0.5, 0.6) is 17.4 Å². The summed E-state index contributed by atoms with van der Waals surface area (Å²) in [4.78, 5) is 19.2. The highest BCUT2D eigenvalue weighted by atomic mass is 16.5. The predicted octanol–water partition coefficient (Wildman–Crippen LogP) is 2.28. The van der Waals surface area contributed by atoms with E-state index >= 15 is 0 Å². The van der Waals surface area contributed by atoms with Gasteiger partial charge in [0.25, 0.3) is 0 Å². The lowest BCUT2D eigenvalue weighted by molar-refractivity contribution is 0.0693. The Morgan fingerprint density at radius 2 is 2.11 bits per heavy atom. The van der Waals surface area contributed by atoms with Gasteiger partial charge in [0.2, 0.25) is 5.88 Å². The molecule has 0 radical (unpaired) electrons. The predicted molar refractivity (Wildman–Crippen MR) is 66.8 cm³/mol. The summed E-state index contributed by atoms with van der Waals surface area (Å²) in [6, 6.07) is 6.19. The van der Waals surface area contributed by atoms with E-state index in [9.17, 15) is 4.79 Å². The zero-order chi connectivity index (χ0) is 13.8. The molecule has 0 spiro atoms. The summed E-state index contributed by atoms with van der Waals surface area (Å²) in [5, 5.41) is 9.15. The van der Waals surface area contributed by atoms with Crippen molar-refractivity contribution in [2.45, 2.75) is 6.92 Å². The summed E-state index contributed by atoms with van der Waals surface area (Å²) in [6.07, 6.45) is 1.54. The molecule has 1 aromatic heterocycles. The van der Waals surface area contributed by atoms with Crippen LogP contribution >= 0.6 is 0 Å². The van der Waals surface area contributed by atoms with Crippen LogP contribution in [0.25, 0.3) is 0 Å². The SMILES string of the molecule is COc1cccc(C(=O)O)c1Oc1ccnc(C)n1. The molecule has 0 fully saturated rings. The number of carboxylic acids is 1. The molecule has 1 N–H and O–H groups in total. The van der Waals surface area contributed by atoms with E-state index in [2.05, 4.69) is 9.97 Å². The molecule has 0 aliphatic rings. The molecule has 1 aromatic carbocycles. The van der Waals surface area contributed by atoms with Gasteiger partial charge in [-0.15, -0.1) is 0 Å². The molecule has 0 saturated heterocycles. The first kappa shape index (κ1) is 12.8. The minimum Gasteiger partial charge on any atom is -0.493 e. The van der Waals surface area contributed by atoms with E-state index in [1.807, 2.05) is 0 Å². The summed E-state index contributed by atoms with van der Waals surface area (Å²) < 4.78 is 10.6. The van der Waals surface area contributed by atoms with Crippen molar-refractivity contribution in [3.63, 3.8) is 0 Å². The van der Waals surface area contributed by atoms with E-state index in [0.717, 1.165) is 0 Å². The van der Waals surface area contributed by atoms with Crippen molar-refractivity contribution >= 4 is 5.97 Å². The first-order valence-corrected chi connectivity index (χ1v) is 5.49. The van der Waals surface area contributed by atoms with E-state index in [4.69, 9.17) is 14.6 Å². The van der Waals surface area contributed by atoms with E-state index < -0.39 is 5.97 Å². The second-order valence-corrected chi connectivity index (χ2v) is 3.69. The van der Waals surface area contributed by atoms with Crippen LogP contribution in [0, 0.1) is 6.92 Å². The van der Waals surface area contributed by atoms with Gasteiger partial charge in [0, 0.05) is 12.3 Å². The molecule has 19 heavy (non-hydrogen) atoms. The highest BCUT2D eigenvalue weighted by Gasteiger charge is 2.17. The second kappa shape index (κ2) is 5.34. The van der Waals surface area contributed by atoms with Gasteiger partial charge in [0.05, 0.1) is 7.11 Å². The van der Waals surface area contributed by atoms with Crippen LogP contribution in [0.3, 0.4) is 0 Å². The molecule has 0 saturated carbocycles. The number of methoxy groups -OCH3 is 1. The molecular formula is C13H12N2O4. The molecule has 1 heterocycles. The van der Waals surface area contributed by atoms with E-state index in [1.165, 1.54) is 19.4 Å². The maximum Gasteiger partial charge on any atom is 0.339 e. The Morgan fingerprint density at radius 3 is 2.74 bits per heavy atom. The maximum absolute atomic E-state index is 11.2. The van der Waals surface area contributed by atoms with E-state index in [1.54, 1.807) is 25.1 Å². The molecule has 0 atom stereocenters. The number of hydrogen-bond acceptors (Lipinski definition) is 5. The standard InChI is InChI=1S/C13H12N2O4/c1-8-14-7-6-11(15-8)19-12-9(13(16)17)4-3-5-10(12)18-2/h3-7H,1-2H3,(H,16,17). The first-order valence-electron chi connectivity index (χ1n) is 5.49. The van der Waals surface area contributed by atoms with Gasteiger partial charge in [-0.1, -0.05) is 6.07 Å². The molecule has 6 nitrogen and oxygen atoms in total. The number of aryl methyl sites for hydroxylation is 1. The van der Waals surface area contributed by atoms with Crippen molar-refractivity contribution in [1.29, 1.82) is 0 Å². The first-order chi connectivity index (χ1) is 9.11. The van der Waals surface area contributed by atoms with Crippen LogP contribution in [-0.4, -0.2) is 28.2 Å². The van der Waals surface area contributed by atoms with Gasteiger partial charge in [-0.25, -0.2) is 9.78 Å². The minimum absolute atomic E-state index is 0.00983. The number of carboxylic acid groups (broad SMARTS) is 1. The summed E-state index contributed by atoms with van der Waals surface area (Å²) in [6.45, 7) is 1.72. The molecule has 6 heteroatoms. The highest BCUT2D eigenvalue weighted by Crippen LogP contribution is 2.34. The average molecular weight is 260 g/mol. The molecule has 2 aromatic rings. The van der Waals surface area contributed by atoms with Gasteiger partial charge < -0.3 is 14.6 Å². The van der Waals surface area contributed by atoms with Crippen molar-refractivity contribution in [1.82, 2.24) is 9.97 Å². The fourth-order valence-corrected chi connectivity index (χ4v) is 1.55. The third kappa shape index (κ3) is 2.79.